The molecule has 0 fully saturated rings. The van der Waals surface area contributed by atoms with Crippen LogP contribution in [0.4, 0.5) is 0 Å². The molecule has 0 saturated heterocycles. The number of carbonyl (C=O) groups is 1. The van der Waals surface area contributed by atoms with E-state index in [1.165, 1.54) is 7.11 Å². The number of nitrogens with two attached hydrogens (primary N) is 1. The molecule has 0 aliphatic rings. The number of carbonyl (C=O) groups excluding carboxylic acids is 1. The van der Waals surface area contributed by atoms with Gasteiger partial charge in [0.2, 0.25) is 0 Å². The van der Waals surface area contributed by atoms with Gasteiger partial charge in [0.15, 0.2) is 0 Å². The molecule has 0 heterocycles. The fraction of sp³-hybridized carbons (Fsp3) is 0.364. The maximum absolute atomic E-state index is 11.2. The lowest BCUT2D eigenvalue weighted by atomic mass is 9.90. The van der Waals surface area contributed by atoms with Crippen LogP contribution in [0.2, 0.25) is 0 Å². The summed E-state index contributed by atoms with van der Waals surface area (Å²) in [5.41, 5.74) is 6.27. The second-order valence-electron chi connectivity index (χ2n) is 3.68. The van der Waals surface area contributed by atoms with Crippen molar-refractivity contribution in [2.75, 3.05) is 7.11 Å². The minimum atomic E-state index is -0.698. The normalized spacial score (nSPS) is 14.4. The molecule has 4 heteroatoms. The summed E-state index contributed by atoms with van der Waals surface area (Å²) >= 11 is 3.37. The smallest absolute Gasteiger partial charge is 0.307 e. The molecule has 0 radical (unpaired) electrons. The minimum Gasteiger partial charge on any atom is -0.469 e. The fourth-order valence-electron chi connectivity index (χ4n) is 1.32. The Morgan fingerprint density at radius 1 is 1.60 bits per heavy atom. The van der Waals surface area contributed by atoms with Crippen molar-refractivity contribution in [1.82, 2.24) is 0 Å². The van der Waals surface area contributed by atoms with Gasteiger partial charge in [-0.25, -0.2) is 0 Å². The minimum absolute atomic E-state index is 0.167. The summed E-state index contributed by atoms with van der Waals surface area (Å²) in [6, 6.07) is 7.61. The van der Waals surface area contributed by atoms with Crippen LogP contribution in [-0.2, 0) is 15.1 Å². The lowest BCUT2D eigenvalue weighted by Crippen LogP contribution is -2.35. The largest absolute Gasteiger partial charge is 0.469 e. The molecule has 1 unspecified atom stereocenters. The molecule has 15 heavy (non-hydrogen) atoms. The summed E-state index contributed by atoms with van der Waals surface area (Å²) in [6.45, 7) is 1.81. The summed E-state index contributed by atoms with van der Waals surface area (Å²) in [5, 5.41) is 0. The van der Waals surface area contributed by atoms with Crippen molar-refractivity contribution in [3.05, 3.63) is 34.3 Å². The maximum atomic E-state index is 11.2. The third-order valence-corrected chi connectivity index (χ3v) is 2.72. The molecule has 1 aromatic rings. The van der Waals surface area contributed by atoms with E-state index in [1.54, 1.807) is 0 Å². The van der Waals surface area contributed by atoms with Crippen LogP contribution >= 0.6 is 15.9 Å². The summed E-state index contributed by atoms with van der Waals surface area (Å²) < 4.78 is 5.55. The molecule has 1 atom stereocenters. The van der Waals surface area contributed by atoms with E-state index in [4.69, 9.17) is 5.73 Å². The summed E-state index contributed by atoms with van der Waals surface area (Å²) in [4.78, 5) is 11.2. The second kappa shape index (κ2) is 4.77. The Hall–Kier alpha value is -0.870. The predicted octanol–water partition coefficient (Wildman–Crippen LogP) is 2.19. The van der Waals surface area contributed by atoms with Gasteiger partial charge >= 0.3 is 5.97 Å². The molecule has 0 bridgehead atoms. The van der Waals surface area contributed by atoms with E-state index in [-0.39, 0.29) is 12.4 Å². The molecule has 0 saturated carbocycles. The van der Waals surface area contributed by atoms with Crippen molar-refractivity contribution in [1.29, 1.82) is 0 Å². The molecular weight excluding hydrogens is 258 g/mol. The predicted molar refractivity (Wildman–Crippen MR) is 62.3 cm³/mol. The van der Waals surface area contributed by atoms with E-state index in [1.807, 2.05) is 31.2 Å². The quantitative estimate of drug-likeness (QED) is 0.858. The van der Waals surface area contributed by atoms with Gasteiger partial charge in [0.1, 0.15) is 0 Å². The molecule has 0 aliphatic heterocycles. The van der Waals surface area contributed by atoms with Crippen LogP contribution in [0.3, 0.4) is 0 Å². The lowest BCUT2D eigenvalue weighted by Gasteiger charge is -2.23. The van der Waals surface area contributed by atoms with Crippen LogP contribution in [0.25, 0.3) is 0 Å². The van der Waals surface area contributed by atoms with E-state index in [0.29, 0.717) is 0 Å². The second-order valence-corrected chi connectivity index (χ2v) is 4.60. The van der Waals surface area contributed by atoms with Crippen molar-refractivity contribution in [3.8, 4) is 0 Å². The summed E-state index contributed by atoms with van der Waals surface area (Å²) in [6.07, 6.45) is 0.167. The zero-order chi connectivity index (χ0) is 11.5. The van der Waals surface area contributed by atoms with E-state index in [0.717, 1.165) is 10.0 Å². The van der Waals surface area contributed by atoms with Crippen LogP contribution in [0.5, 0.6) is 0 Å². The first kappa shape index (κ1) is 12.2. The highest BCUT2D eigenvalue weighted by Gasteiger charge is 2.25. The fourth-order valence-corrected chi connectivity index (χ4v) is 1.72. The number of esters is 1. The Morgan fingerprint density at radius 3 is 2.80 bits per heavy atom. The van der Waals surface area contributed by atoms with Gasteiger partial charge in [-0.2, -0.15) is 0 Å². The molecule has 82 valence electrons. The maximum Gasteiger partial charge on any atom is 0.307 e. The van der Waals surface area contributed by atoms with Gasteiger partial charge in [0, 0.05) is 10.0 Å². The van der Waals surface area contributed by atoms with Crippen LogP contribution in [0.15, 0.2) is 28.7 Å². The van der Waals surface area contributed by atoms with Gasteiger partial charge < -0.3 is 10.5 Å². The highest BCUT2D eigenvalue weighted by Crippen LogP contribution is 2.24. The van der Waals surface area contributed by atoms with Crippen molar-refractivity contribution in [3.63, 3.8) is 0 Å². The average Bonchev–Trinajstić information content (AvgIpc) is 2.17. The molecule has 1 rings (SSSR count). The highest BCUT2D eigenvalue weighted by molar-refractivity contribution is 9.10. The zero-order valence-corrected chi connectivity index (χ0v) is 10.4. The molecular formula is C11H14BrNO2. The van der Waals surface area contributed by atoms with E-state index in [9.17, 15) is 4.79 Å². The molecule has 3 nitrogen and oxygen atoms in total. The van der Waals surface area contributed by atoms with Gasteiger partial charge in [-0.3, -0.25) is 4.79 Å². The van der Waals surface area contributed by atoms with Gasteiger partial charge in [0.05, 0.1) is 13.5 Å². The van der Waals surface area contributed by atoms with Crippen molar-refractivity contribution >= 4 is 21.9 Å². The number of hydrogen-bond donors (Lipinski definition) is 1. The molecule has 0 aliphatic carbocycles. The monoisotopic (exact) mass is 271 g/mol. The Kier molecular flexibility index (Phi) is 3.88. The van der Waals surface area contributed by atoms with Gasteiger partial charge in [0.25, 0.3) is 0 Å². The topological polar surface area (TPSA) is 52.3 Å². The van der Waals surface area contributed by atoms with Gasteiger partial charge in [-0.05, 0) is 24.6 Å². The molecule has 0 spiro atoms. The molecule has 2 N–H and O–H groups in total. The van der Waals surface area contributed by atoms with Crippen molar-refractivity contribution in [2.45, 2.75) is 18.9 Å². The van der Waals surface area contributed by atoms with Crippen molar-refractivity contribution < 1.29 is 9.53 Å². The number of ether oxygens (including phenoxy) is 1. The van der Waals surface area contributed by atoms with Crippen LogP contribution in [0.1, 0.15) is 18.9 Å². The Morgan fingerprint density at radius 2 is 2.27 bits per heavy atom. The standard InChI is InChI=1S/C11H14BrNO2/c1-11(13,7-10(14)15-2)8-4-3-5-9(12)6-8/h3-6H,7,13H2,1-2H3. The Balaban J connectivity index is 2.90. The first-order valence-electron chi connectivity index (χ1n) is 4.57. The average molecular weight is 272 g/mol. The number of methoxy groups -OCH3 is 1. The number of halogens is 1. The Bertz CT molecular complexity index is 363. The van der Waals surface area contributed by atoms with Crippen LogP contribution < -0.4 is 5.73 Å². The first-order valence-corrected chi connectivity index (χ1v) is 5.37. The van der Waals surface area contributed by atoms with E-state index >= 15 is 0 Å². The number of benzene rings is 1. The number of rotatable bonds is 3. The molecule has 0 amide bonds. The van der Waals surface area contributed by atoms with Crippen LogP contribution in [0, 0.1) is 0 Å². The van der Waals surface area contributed by atoms with Gasteiger partial charge in [-0.1, -0.05) is 28.1 Å². The molecule has 0 aromatic heterocycles. The summed E-state index contributed by atoms with van der Waals surface area (Å²) in [5.74, 6) is -0.306. The number of hydrogen-bond acceptors (Lipinski definition) is 3. The zero-order valence-electron chi connectivity index (χ0n) is 8.79. The summed E-state index contributed by atoms with van der Waals surface area (Å²) in [7, 11) is 1.36. The Labute approximate surface area is 97.7 Å². The first-order chi connectivity index (χ1) is 6.95. The van der Waals surface area contributed by atoms with E-state index in [2.05, 4.69) is 20.7 Å². The lowest BCUT2D eigenvalue weighted by molar-refractivity contribution is -0.141. The van der Waals surface area contributed by atoms with E-state index < -0.39 is 5.54 Å². The molecule has 1 aromatic carbocycles. The third kappa shape index (κ3) is 3.32. The van der Waals surface area contributed by atoms with Crippen molar-refractivity contribution in [2.24, 2.45) is 5.73 Å². The third-order valence-electron chi connectivity index (χ3n) is 2.22. The van der Waals surface area contributed by atoms with Gasteiger partial charge in [-0.15, -0.1) is 0 Å². The SMILES string of the molecule is COC(=O)CC(C)(N)c1cccc(Br)c1. The van der Waals surface area contributed by atoms with Crippen LogP contribution in [-0.4, -0.2) is 13.1 Å². The highest BCUT2D eigenvalue weighted by atomic mass is 79.9.